The summed E-state index contributed by atoms with van der Waals surface area (Å²) < 4.78 is 96.2. The predicted molar refractivity (Wildman–Crippen MR) is 25.5 cm³/mol. The van der Waals surface area contributed by atoms with Gasteiger partial charge in [-0.2, -0.15) is 0 Å². The summed E-state index contributed by atoms with van der Waals surface area (Å²) in [5, 5.41) is 0. The molecule has 1 fully saturated rings. The van der Waals surface area contributed by atoms with Crippen molar-refractivity contribution in [3.63, 3.8) is 0 Å². The molecule has 0 unspecified atom stereocenters. The third-order valence-corrected chi connectivity index (χ3v) is 3.53. The number of hydrogen-bond donors (Lipinski definition) is 0. The number of rotatable bonds is 0. The van der Waals surface area contributed by atoms with Crippen LogP contribution in [-0.4, -0.2) is 36.4 Å². The van der Waals surface area contributed by atoms with Crippen molar-refractivity contribution in [2.45, 2.75) is 21.5 Å². The zero-order chi connectivity index (χ0) is 10.7. The van der Waals surface area contributed by atoms with Gasteiger partial charge in [0.2, 0.25) is 0 Å². The van der Waals surface area contributed by atoms with E-state index in [2.05, 4.69) is 0 Å². The molecule has 9 heteroatoms. The molecule has 0 radical (unpaired) electrons. The summed E-state index contributed by atoms with van der Waals surface area (Å²) in [4.78, 5) is -10.6. The van der Waals surface area contributed by atoms with Gasteiger partial charge in [-0.3, -0.25) is 0 Å². The third-order valence-electron chi connectivity index (χ3n) is 1.38. The summed E-state index contributed by atoms with van der Waals surface area (Å²) in [6.07, 6.45) is 0. The van der Waals surface area contributed by atoms with Gasteiger partial charge in [0.05, 0.1) is 0 Å². The zero-order valence-corrected chi connectivity index (χ0v) is 7.15. The van der Waals surface area contributed by atoms with E-state index in [0.717, 1.165) is 0 Å². The molecule has 0 aromatic heterocycles. The fourth-order valence-corrected chi connectivity index (χ4v) is 2.41. The van der Waals surface area contributed by atoms with E-state index in [9.17, 15) is 35.1 Å². The molecule has 0 nitrogen and oxygen atoms in total. The first-order valence-corrected chi connectivity index (χ1v) is 4.38. The molecule has 1 rings (SSSR count). The predicted octanol–water partition coefficient (Wildman–Crippen LogP) is 2.16. The standard InChI is InChI=1S/C4F8Se/c5-1(6)2(7,8)4(11,12)13-3(1,9)10. The van der Waals surface area contributed by atoms with Gasteiger partial charge < -0.3 is 0 Å². The molecule has 0 aliphatic carbocycles. The van der Waals surface area contributed by atoms with Crippen LogP contribution in [0.2, 0.25) is 0 Å². The molecule has 1 heterocycles. The van der Waals surface area contributed by atoms with Gasteiger partial charge in [-0.15, -0.1) is 0 Å². The van der Waals surface area contributed by atoms with Crippen LogP contribution in [0.1, 0.15) is 0 Å². The second kappa shape index (κ2) is 2.31. The molecule has 1 aliphatic heterocycles. The Kier molecular flexibility index (Phi) is 1.96. The van der Waals surface area contributed by atoms with Gasteiger partial charge in [-0.05, 0) is 0 Å². The van der Waals surface area contributed by atoms with Gasteiger partial charge in [0.25, 0.3) is 0 Å². The molecule has 0 aromatic rings. The first-order chi connectivity index (χ1) is 5.46. The van der Waals surface area contributed by atoms with Gasteiger partial charge >= 0.3 is 71.6 Å². The Hall–Kier alpha value is -0.0405. The summed E-state index contributed by atoms with van der Waals surface area (Å²) in [5.74, 6) is -11.9. The molecule has 1 aliphatic rings. The molecule has 0 aromatic carbocycles. The van der Waals surface area contributed by atoms with Gasteiger partial charge in [0.15, 0.2) is 0 Å². The minimum atomic E-state index is -5.97. The molecule has 0 bridgehead atoms. The van der Waals surface area contributed by atoms with E-state index in [1.54, 1.807) is 0 Å². The molecule has 0 atom stereocenters. The summed E-state index contributed by atoms with van der Waals surface area (Å²) in [6.45, 7) is 0. The van der Waals surface area contributed by atoms with Crippen molar-refractivity contribution in [2.75, 3.05) is 0 Å². The third kappa shape index (κ3) is 1.09. The van der Waals surface area contributed by atoms with Crippen molar-refractivity contribution in [3.05, 3.63) is 0 Å². The van der Waals surface area contributed by atoms with E-state index in [-0.39, 0.29) is 0 Å². The van der Waals surface area contributed by atoms with Crippen molar-refractivity contribution in [3.8, 4) is 0 Å². The molecule has 1 saturated heterocycles. The van der Waals surface area contributed by atoms with Crippen molar-refractivity contribution in [2.24, 2.45) is 0 Å². The Balaban J connectivity index is 3.24. The van der Waals surface area contributed by atoms with Crippen LogP contribution in [0.25, 0.3) is 0 Å². The fraction of sp³-hybridized carbons (Fsp3) is 1.00. The van der Waals surface area contributed by atoms with E-state index in [0.29, 0.717) is 0 Å². The fourth-order valence-electron chi connectivity index (χ4n) is 0.655. The van der Waals surface area contributed by atoms with Crippen molar-refractivity contribution in [1.82, 2.24) is 0 Å². The number of halogens is 8. The van der Waals surface area contributed by atoms with E-state index < -0.39 is 36.4 Å². The Labute approximate surface area is 72.4 Å². The van der Waals surface area contributed by atoms with Crippen molar-refractivity contribution >= 4 is 15.0 Å². The maximum atomic E-state index is 12.0. The average Bonchev–Trinajstić information content (AvgIpc) is 1.88. The molecular weight excluding hydrogens is 279 g/mol. The van der Waals surface area contributed by atoms with Gasteiger partial charge in [0.1, 0.15) is 0 Å². The maximum absolute atomic E-state index is 12.0. The van der Waals surface area contributed by atoms with E-state index in [4.69, 9.17) is 0 Å². The molecule has 13 heavy (non-hydrogen) atoms. The Morgan fingerprint density at radius 1 is 0.538 bits per heavy atom. The molecule has 0 saturated carbocycles. The van der Waals surface area contributed by atoms with Crippen molar-refractivity contribution < 1.29 is 35.1 Å². The van der Waals surface area contributed by atoms with Gasteiger partial charge in [0, 0.05) is 0 Å². The first-order valence-electron chi connectivity index (χ1n) is 2.67. The number of alkyl halides is 8. The van der Waals surface area contributed by atoms with Crippen LogP contribution < -0.4 is 0 Å². The first kappa shape index (κ1) is 11.0. The van der Waals surface area contributed by atoms with Crippen LogP contribution in [-0.2, 0) is 0 Å². The van der Waals surface area contributed by atoms with Crippen LogP contribution in [0.4, 0.5) is 35.1 Å². The second-order valence-electron chi connectivity index (χ2n) is 2.28. The van der Waals surface area contributed by atoms with Crippen LogP contribution >= 0.6 is 0 Å². The minimum absolute atomic E-state index is 3.44. The van der Waals surface area contributed by atoms with Crippen LogP contribution in [0.15, 0.2) is 0 Å². The summed E-state index contributed by atoms with van der Waals surface area (Å²) >= 11 is -3.44. The molecular formula is C4F8Se. The second-order valence-corrected chi connectivity index (χ2v) is 4.86. The van der Waals surface area contributed by atoms with E-state index >= 15 is 0 Å². The van der Waals surface area contributed by atoms with Crippen LogP contribution in [0.5, 0.6) is 0 Å². The zero-order valence-electron chi connectivity index (χ0n) is 5.43. The number of hydrogen-bond acceptors (Lipinski definition) is 0. The quantitative estimate of drug-likeness (QED) is 0.471. The van der Waals surface area contributed by atoms with Crippen LogP contribution in [0.3, 0.4) is 0 Å². The summed E-state index contributed by atoms with van der Waals surface area (Å²) in [7, 11) is 0. The molecule has 0 amide bonds. The normalized spacial score (nSPS) is 33.2. The van der Waals surface area contributed by atoms with Crippen LogP contribution in [0, 0.1) is 0 Å². The Bertz CT molecular complexity index is 208. The molecule has 0 N–H and O–H groups in total. The van der Waals surface area contributed by atoms with E-state index in [1.807, 2.05) is 0 Å². The van der Waals surface area contributed by atoms with Crippen molar-refractivity contribution in [1.29, 1.82) is 0 Å². The topological polar surface area (TPSA) is 0 Å². The summed E-state index contributed by atoms with van der Waals surface area (Å²) in [6, 6.07) is 0. The Morgan fingerprint density at radius 2 is 0.769 bits per heavy atom. The monoisotopic (exact) mass is 280 g/mol. The van der Waals surface area contributed by atoms with Gasteiger partial charge in [-0.1, -0.05) is 0 Å². The molecule has 0 spiro atoms. The van der Waals surface area contributed by atoms with Gasteiger partial charge in [-0.25, -0.2) is 0 Å². The van der Waals surface area contributed by atoms with E-state index in [1.165, 1.54) is 0 Å². The summed E-state index contributed by atoms with van der Waals surface area (Å²) in [5.41, 5.74) is 0. The SMILES string of the molecule is FC1(F)[Se]C(F)(F)C(F)(F)C1(F)F. The Morgan fingerprint density at radius 3 is 0.846 bits per heavy atom. The average molecular weight is 279 g/mol. The molecule has 78 valence electrons.